The van der Waals surface area contributed by atoms with Crippen LogP contribution in [0.4, 0.5) is 5.69 Å². The highest BCUT2D eigenvalue weighted by molar-refractivity contribution is 7.99. The van der Waals surface area contributed by atoms with E-state index in [0.717, 1.165) is 11.6 Å². The van der Waals surface area contributed by atoms with Crippen LogP contribution in [-0.4, -0.2) is 29.4 Å². The minimum atomic E-state index is -0.138. The summed E-state index contributed by atoms with van der Waals surface area (Å²) in [6.45, 7) is 1.51. The summed E-state index contributed by atoms with van der Waals surface area (Å²) in [5.41, 5.74) is 1.28. The highest BCUT2D eigenvalue weighted by atomic mass is 32.2. The van der Waals surface area contributed by atoms with Gasteiger partial charge in [0.25, 0.3) is 0 Å². The smallest absolute Gasteiger partial charge is 0.242 e. The molecule has 4 nitrogen and oxygen atoms in total. The molecule has 17 heavy (non-hydrogen) atoms. The van der Waals surface area contributed by atoms with Gasteiger partial charge in [-0.25, -0.2) is 0 Å². The predicted octanol–water partition coefficient (Wildman–Crippen LogP) is 1.49. The lowest BCUT2D eigenvalue weighted by Gasteiger charge is -2.10. The number of Topliss-reactive ketones (excluding diaryl/α,β-unsaturated/α-hetero) is 1. The molecular weight excluding hydrogens is 236 g/mol. The molecule has 0 aromatic heterocycles. The van der Waals surface area contributed by atoms with Crippen molar-refractivity contribution >= 4 is 29.1 Å². The van der Waals surface area contributed by atoms with E-state index < -0.39 is 0 Å². The second kappa shape index (κ2) is 5.33. The Labute approximate surface area is 104 Å². The molecule has 0 radical (unpaired) electrons. The van der Waals surface area contributed by atoms with E-state index in [4.69, 9.17) is 0 Å². The zero-order valence-corrected chi connectivity index (χ0v) is 10.3. The Kier molecular flexibility index (Phi) is 3.81. The van der Waals surface area contributed by atoms with Crippen LogP contribution in [0.1, 0.15) is 17.3 Å². The second-order valence-corrected chi connectivity index (χ2v) is 4.93. The number of hydrogen-bond acceptors (Lipinski definition) is 4. The molecule has 0 spiro atoms. The summed E-state index contributed by atoms with van der Waals surface area (Å²) in [6, 6.07) is 6.85. The molecule has 1 atom stereocenters. The molecule has 1 fully saturated rings. The van der Waals surface area contributed by atoms with Gasteiger partial charge >= 0.3 is 0 Å². The van der Waals surface area contributed by atoms with Gasteiger partial charge in [-0.1, -0.05) is 12.1 Å². The maximum Gasteiger partial charge on any atom is 0.242 e. The molecule has 5 heteroatoms. The molecular formula is C12H14N2O2S. The van der Waals surface area contributed by atoms with Crippen LogP contribution >= 0.6 is 11.8 Å². The van der Waals surface area contributed by atoms with Crippen molar-refractivity contribution in [3.05, 3.63) is 29.8 Å². The van der Waals surface area contributed by atoms with Gasteiger partial charge in [-0.2, -0.15) is 0 Å². The lowest BCUT2D eigenvalue weighted by molar-refractivity contribution is -0.117. The van der Waals surface area contributed by atoms with Crippen molar-refractivity contribution in [2.24, 2.45) is 0 Å². The van der Waals surface area contributed by atoms with E-state index in [1.54, 1.807) is 36.0 Å². The third kappa shape index (κ3) is 3.08. The van der Waals surface area contributed by atoms with Gasteiger partial charge in [0.05, 0.1) is 6.04 Å². The Hall–Kier alpha value is -1.33. The average molecular weight is 250 g/mol. The highest BCUT2D eigenvalue weighted by Gasteiger charge is 2.22. The van der Waals surface area contributed by atoms with Gasteiger partial charge in [0.2, 0.25) is 5.91 Å². The number of thioether (sulfide) groups is 1. The van der Waals surface area contributed by atoms with E-state index in [0.29, 0.717) is 11.3 Å². The summed E-state index contributed by atoms with van der Waals surface area (Å²) >= 11 is 1.70. The van der Waals surface area contributed by atoms with Gasteiger partial charge < -0.3 is 5.32 Å². The molecule has 1 aromatic rings. The zero-order chi connectivity index (χ0) is 12.3. The van der Waals surface area contributed by atoms with Gasteiger partial charge in [-0.05, 0) is 19.1 Å². The van der Waals surface area contributed by atoms with Gasteiger partial charge in [0, 0.05) is 22.9 Å². The first kappa shape index (κ1) is 12.1. The quantitative estimate of drug-likeness (QED) is 0.798. The first-order valence-electron chi connectivity index (χ1n) is 5.40. The fourth-order valence-electron chi connectivity index (χ4n) is 1.61. The number of rotatable bonds is 3. The van der Waals surface area contributed by atoms with Crippen molar-refractivity contribution < 1.29 is 9.59 Å². The molecule has 2 rings (SSSR count). The first-order valence-corrected chi connectivity index (χ1v) is 6.55. The number of ketones is 1. The van der Waals surface area contributed by atoms with Crippen molar-refractivity contribution in [3.63, 3.8) is 0 Å². The molecule has 1 heterocycles. The standard InChI is InChI=1S/C12H14N2O2S/c1-8(15)9-3-2-4-10(5-9)14-12(16)11-6-17-7-13-11/h2-5,11,13H,6-7H2,1H3,(H,14,16). The number of benzene rings is 1. The van der Waals surface area contributed by atoms with Gasteiger partial charge in [-0.15, -0.1) is 11.8 Å². The van der Waals surface area contributed by atoms with Crippen LogP contribution < -0.4 is 10.6 Å². The number of hydrogen-bond donors (Lipinski definition) is 2. The van der Waals surface area contributed by atoms with E-state index in [-0.39, 0.29) is 17.7 Å². The zero-order valence-electron chi connectivity index (χ0n) is 9.53. The number of carbonyl (C=O) groups is 2. The van der Waals surface area contributed by atoms with Crippen molar-refractivity contribution in [2.45, 2.75) is 13.0 Å². The molecule has 0 bridgehead atoms. The van der Waals surface area contributed by atoms with Crippen molar-refractivity contribution in [3.8, 4) is 0 Å². The molecule has 2 N–H and O–H groups in total. The van der Waals surface area contributed by atoms with E-state index in [2.05, 4.69) is 10.6 Å². The number of nitrogens with one attached hydrogen (secondary N) is 2. The molecule has 1 saturated heterocycles. The average Bonchev–Trinajstić information content (AvgIpc) is 2.82. The fourth-order valence-corrected chi connectivity index (χ4v) is 2.55. The van der Waals surface area contributed by atoms with E-state index in [9.17, 15) is 9.59 Å². The summed E-state index contributed by atoms with van der Waals surface area (Å²) in [5.74, 6) is 1.55. The van der Waals surface area contributed by atoms with Gasteiger partial charge in [0.15, 0.2) is 5.78 Å². The third-order valence-corrected chi connectivity index (χ3v) is 3.51. The summed E-state index contributed by atoms with van der Waals surface area (Å²) in [7, 11) is 0. The van der Waals surface area contributed by atoms with Crippen molar-refractivity contribution in [1.29, 1.82) is 0 Å². The van der Waals surface area contributed by atoms with Crippen LogP contribution in [0.2, 0.25) is 0 Å². The highest BCUT2D eigenvalue weighted by Crippen LogP contribution is 2.14. The normalized spacial score (nSPS) is 19.0. The molecule has 1 aliphatic rings. The number of anilines is 1. The van der Waals surface area contributed by atoms with Crippen LogP contribution in [0.15, 0.2) is 24.3 Å². The van der Waals surface area contributed by atoms with Crippen LogP contribution in [-0.2, 0) is 4.79 Å². The Bertz CT molecular complexity index is 442. The Balaban J connectivity index is 2.05. The molecule has 0 aliphatic carbocycles. The molecule has 90 valence electrons. The molecule has 1 unspecified atom stereocenters. The third-order valence-electron chi connectivity index (χ3n) is 2.57. The minimum absolute atomic E-state index is 0.00403. The lowest BCUT2D eigenvalue weighted by Crippen LogP contribution is -2.37. The SMILES string of the molecule is CC(=O)c1cccc(NC(=O)C2CSCN2)c1. The summed E-state index contributed by atoms with van der Waals surface area (Å²) in [5, 5.41) is 5.91. The van der Waals surface area contributed by atoms with Crippen LogP contribution in [0.25, 0.3) is 0 Å². The second-order valence-electron chi connectivity index (χ2n) is 3.90. The van der Waals surface area contributed by atoms with Crippen molar-refractivity contribution in [2.75, 3.05) is 16.9 Å². The molecule has 1 aliphatic heterocycles. The predicted molar refractivity (Wildman–Crippen MR) is 69.3 cm³/mol. The van der Waals surface area contributed by atoms with Crippen LogP contribution in [0.3, 0.4) is 0 Å². The Morgan fingerprint density at radius 2 is 2.29 bits per heavy atom. The first-order chi connectivity index (χ1) is 8.16. The largest absolute Gasteiger partial charge is 0.325 e. The number of amides is 1. The Morgan fingerprint density at radius 3 is 2.94 bits per heavy atom. The molecule has 0 saturated carbocycles. The summed E-state index contributed by atoms with van der Waals surface area (Å²) in [6.07, 6.45) is 0. The Morgan fingerprint density at radius 1 is 1.47 bits per heavy atom. The molecule has 1 amide bonds. The van der Waals surface area contributed by atoms with E-state index in [1.165, 1.54) is 6.92 Å². The lowest BCUT2D eigenvalue weighted by atomic mass is 10.1. The minimum Gasteiger partial charge on any atom is -0.325 e. The number of carbonyl (C=O) groups excluding carboxylic acids is 2. The van der Waals surface area contributed by atoms with Gasteiger partial charge in [-0.3, -0.25) is 14.9 Å². The topological polar surface area (TPSA) is 58.2 Å². The van der Waals surface area contributed by atoms with Crippen LogP contribution in [0.5, 0.6) is 0 Å². The monoisotopic (exact) mass is 250 g/mol. The van der Waals surface area contributed by atoms with E-state index >= 15 is 0 Å². The van der Waals surface area contributed by atoms with Crippen LogP contribution in [0, 0.1) is 0 Å². The van der Waals surface area contributed by atoms with E-state index in [1.807, 2.05) is 0 Å². The molecule has 1 aromatic carbocycles. The van der Waals surface area contributed by atoms with Crippen molar-refractivity contribution in [1.82, 2.24) is 5.32 Å². The summed E-state index contributed by atoms with van der Waals surface area (Å²) in [4.78, 5) is 23.0. The maximum absolute atomic E-state index is 11.8. The van der Waals surface area contributed by atoms with Gasteiger partial charge in [0.1, 0.15) is 0 Å². The summed E-state index contributed by atoms with van der Waals surface area (Å²) < 4.78 is 0. The fraction of sp³-hybridized carbons (Fsp3) is 0.333. The maximum atomic E-state index is 11.8.